The number of ether oxygens (including phenoxy) is 1. The molecule has 1 saturated heterocycles. The minimum Gasteiger partial charge on any atom is -0.465 e. The number of amides is 1. The standard InChI is InChI=1S/C14H19NO5S2/c1-8-9(2)21-13(12(8)14(17)20-3)15-11(16)6-10-4-5-22(18,19)7-10/h10H,4-7H2,1-3H3,(H,15,16)/t10-/m1/s1. The van der Waals surface area contributed by atoms with Gasteiger partial charge in [-0.2, -0.15) is 0 Å². The number of methoxy groups -OCH3 is 1. The van der Waals surface area contributed by atoms with E-state index in [1.165, 1.54) is 18.4 Å². The number of anilines is 1. The molecule has 0 saturated carbocycles. The number of nitrogens with one attached hydrogen (secondary N) is 1. The van der Waals surface area contributed by atoms with Crippen LogP contribution in [-0.4, -0.2) is 38.9 Å². The third kappa shape index (κ3) is 3.67. The van der Waals surface area contributed by atoms with Gasteiger partial charge in [0.2, 0.25) is 5.91 Å². The maximum absolute atomic E-state index is 12.1. The average molecular weight is 345 g/mol. The van der Waals surface area contributed by atoms with Crippen LogP contribution in [0.1, 0.15) is 33.6 Å². The van der Waals surface area contributed by atoms with Crippen LogP contribution in [0.5, 0.6) is 0 Å². The van der Waals surface area contributed by atoms with Gasteiger partial charge in [-0.1, -0.05) is 0 Å². The molecule has 0 spiro atoms. The predicted octanol–water partition coefficient (Wildman–Crippen LogP) is 1.91. The summed E-state index contributed by atoms with van der Waals surface area (Å²) in [5.74, 6) is -0.689. The van der Waals surface area contributed by atoms with Crippen molar-refractivity contribution >= 4 is 38.1 Å². The highest BCUT2D eigenvalue weighted by Crippen LogP contribution is 2.33. The third-order valence-electron chi connectivity index (χ3n) is 3.83. The average Bonchev–Trinajstić information content (AvgIpc) is 2.89. The Morgan fingerprint density at radius 2 is 2.05 bits per heavy atom. The summed E-state index contributed by atoms with van der Waals surface area (Å²) in [5.41, 5.74) is 1.16. The van der Waals surface area contributed by atoms with Gasteiger partial charge in [-0.3, -0.25) is 4.79 Å². The molecule has 1 aliphatic rings. The highest BCUT2D eigenvalue weighted by molar-refractivity contribution is 7.91. The zero-order valence-corrected chi connectivity index (χ0v) is 14.4. The van der Waals surface area contributed by atoms with Crippen LogP contribution in [0, 0.1) is 19.8 Å². The minimum absolute atomic E-state index is 0.0623. The van der Waals surface area contributed by atoms with Crippen molar-refractivity contribution in [2.24, 2.45) is 5.92 Å². The number of rotatable bonds is 4. The predicted molar refractivity (Wildman–Crippen MR) is 85.1 cm³/mol. The zero-order chi connectivity index (χ0) is 16.5. The van der Waals surface area contributed by atoms with Crippen molar-refractivity contribution in [3.05, 3.63) is 16.0 Å². The van der Waals surface area contributed by atoms with Gasteiger partial charge in [0.25, 0.3) is 0 Å². The summed E-state index contributed by atoms with van der Waals surface area (Å²) in [6.45, 7) is 3.67. The lowest BCUT2D eigenvalue weighted by molar-refractivity contribution is -0.116. The van der Waals surface area contributed by atoms with Gasteiger partial charge < -0.3 is 10.1 Å². The van der Waals surface area contributed by atoms with E-state index in [9.17, 15) is 18.0 Å². The fourth-order valence-corrected chi connectivity index (χ4v) is 5.46. The molecule has 6 nitrogen and oxygen atoms in total. The van der Waals surface area contributed by atoms with E-state index < -0.39 is 15.8 Å². The molecule has 0 bridgehead atoms. The summed E-state index contributed by atoms with van der Waals surface area (Å²) in [5, 5.41) is 3.19. The van der Waals surface area contributed by atoms with E-state index in [4.69, 9.17) is 4.74 Å². The number of sulfone groups is 1. The molecule has 1 N–H and O–H groups in total. The van der Waals surface area contributed by atoms with E-state index in [0.717, 1.165) is 10.4 Å². The number of carbonyl (C=O) groups excluding carboxylic acids is 2. The number of carbonyl (C=O) groups is 2. The molecule has 0 unspecified atom stereocenters. The Balaban J connectivity index is 2.09. The van der Waals surface area contributed by atoms with Crippen LogP contribution in [0.25, 0.3) is 0 Å². The molecule has 1 atom stereocenters. The normalized spacial score (nSPS) is 19.9. The molecular weight excluding hydrogens is 326 g/mol. The van der Waals surface area contributed by atoms with Crippen molar-refractivity contribution in [2.45, 2.75) is 26.7 Å². The molecule has 1 amide bonds. The molecule has 2 rings (SSSR count). The van der Waals surface area contributed by atoms with Gasteiger partial charge in [0.1, 0.15) is 5.00 Å². The SMILES string of the molecule is COC(=O)c1c(NC(=O)C[C@H]2CCS(=O)(=O)C2)sc(C)c1C. The smallest absolute Gasteiger partial charge is 0.341 e. The first kappa shape index (κ1) is 17.0. The first-order valence-corrected chi connectivity index (χ1v) is 9.56. The monoisotopic (exact) mass is 345 g/mol. The van der Waals surface area contributed by atoms with E-state index in [-0.39, 0.29) is 29.8 Å². The molecule has 0 aromatic carbocycles. The van der Waals surface area contributed by atoms with E-state index in [0.29, 0.717) is 17.0 Å². The van der Waals surface area contributed by atoms with Crippen LogP contribution < -0.4 is 5.32 Å². The molecular formula is C14H19NO5S2. The first-order chi connectivity index (χ1) is 10.2. The van der Waals surface area contributed by atoms with Crippen LogP contribution in [0.4, 0.5) is 5.00 Å². The minimum atomic E-state index is -2.99. The number of thiophene rings is 1. The van der Waals surface area contributed by atoms with Crippen molar-refractivity contribution in [3.8, 4) is 0 Å². The van der Waals surface area contributed by atoms with Gasteiger partial charge in [0.15, 0.2) is 9.84 Å². The van der Waals surface area contributed by atoms with Gasteiger partial charge >= 0.3 is 5.97 Å². The second-order valence-electron chi connectivity index (χ2n) is 5.50. The highest BCUT2D eigenvalue weighted by Gasteiger charge is 2.30. The molecule has 22 heavy (non-hydrogen) atoms. The number of aryl methyl sites for hydroxylation is 1. The highest BCUT2D eigenvalue weighted by atomic mass is 32.2. The lowest BCUT2D eigenvalue weighted by atomic mass is 10.1. The summed E-state index contributed by atoms with van der Waals surface area (Å²) in [6, 6.07) is 0. The van der Waals surface area contributed by atoms with E-state index in [1.807, 2.05) is 6.92 Å². The number of hydrogen-bond donors (Lipinski definition) is 1. The number of hydrogen-bond acceptors (Lipinski definition) is 6. The Morgan fingerprint density at radius 1 is 1.36 bits per heavy atom. The van der Waals surface area contributed by atoms with Gasteiger partial charge in [-0.05, 0) is 31.7 Å². The van der Waals surface area contributed by atoms with Gasteiger partial charge in [-0.15, -0.1) is 11.3 Å². The van der Waals surface area contributed by atoms with Crippen molar-refractivity contribution in [3.63, 3.8) is 0 Å². The third-order valence-corrected chi connectivity index (χ3v) is 6.79. The Labute approximate surface area is 133 Å². The van der Waals surface area contributed by atoms with Gasteiger partial charge in [0.05, 0.1) is 24.2 Å². The Morgan fingerprint density at radius 3 is 2.59 bits per heavy atom. The summed E-state index contributed by atoms with van der Waals surface area (Å²) in [7, 11) is -1.70. The summed E-state index contributed by atoms with van der Waals surface area (Å²) < 4.78 is 27.6. The van der Waals surface area contributed by atoms with Crippen molar-refractivity contribution < 1.29 is 22.7 Å². The van der Waals surface area contributed by atoms with Crippen LogP contribution in [0.15, 0.2) is 0 Å². The summed E-state index contributed by atoms with van der Waals surface area (Å²) >= 11 is 1.32. The molecule has 0 aliphatic carbocycles. The lowest BCUT2D eigenvalue weighted by Crippen LogP contribution is -2.18. The maximum atomic E-state index is 12.1. The molecule has 1 aliphatic heterocycles. The second kappa shape index (κ2) is 6.37. The molecule has 0 radical (unpaired) electrons. The van der Waals surface area contributed by atoms with Gasteiger partial charge in [0, 0.05) is 11.3 Å². The second-order valence-corrected chi connectivity index (χ2v) is 8.95. The van der Waals surface area contributed by atoms with E-state index in [2.05, 4.69) is 5.32 Å². The topological polar surface area (TPSA) is 89.5 Å². The van der Waals surface area contributed by atoms with Crippen LogP contribution in [0.3, 0.4) is 0 Å². The Hall–Kier alpha value is -1.41. The van der Waals surface area contributed by atoms with E-state index in [1.54, 1.807) is 6.92 Å². The van der Waals surface area contributed by atoms with Crippen molar-refractivity contribution in [1.82, 2.24) is 0 Å². The molecule has 1 fully saturated rings. The molecule has 2 heterocycles. The maximum Gasteiger partial charge on any atom is 0.341 e. The van der Waals surface area contributed by atoms with Crippen LogP contribution in [-0.2, 0) is 19.4 Å². The largest absolute Gasteiger partial charge is 0.465 e. The fraction of sp³-hybridized carbons (Fsp3) is 0.571. The quantitative estimate of drug-likeness (QED) is 0.842. The fourth-order valence-electron chi connectivity index (χ4n) is 2.54. The van der Waals surface area contributed by atoms with Crippen LogP contribution >= 0.6 is 11.3 Å². The van der Waals surface area contributed by atoms with Crippen molar-refractivity contribution in [2.75, 3.05) is 23.9 Å². The Kier molecular flexibility index (Phi) is 4.91. The molecule has 1 aromatic heterocycles. The summed E-state index contributed by atoms with van der Waals surface area (Å²) in [6.07, 6.45) is 0.665. The Bertz CT molecular complexity index is 705. The summed E-state index contributed by atoms with van der Waals surface area (Å²) in [4.78, 5) is 24.9. The zero-order valence-electron chi connectivity index (χ0n) is 12.8. The lowest BCUT2D eigenvalue weighted by Gasteiger charge is -2.09. The van der Waals surface area contributed by atoms with Crippen molar-refractivity contribution in [1.29, 1.82) is 0 Å². The van der Waals surface area contributed by atoms with Crippen LogP contribution in [0.2, 0.25) is 0 Å². The number of esters is 1. The van der Waals surface area contributed by atoms with Gasteiger partial charge in [-0.25, -0.2) is 13.2 Å². The first-order valence-electron chi connectivity index (χ1n) is 6.92. The van der Waals surface area contributed by atoms with E-state index >= 15 is 0 Å². The molecule has 1 aromatic rings. The molecule has 122 valence electrons. The molecule has 8 heteroatoms.